The number of nitro groups is 1. The fourth-order valence-corrected chi connectivity index (χ4v) is 3.32. The summed E-state index contributed by atoms with van der Waals surface area (Å²) in [6, 6.07) is 9.60. The minimum atomic E-state index is -0.710. The van der Waals surface area contributed by atoms with Crippen molar-refractivity contribution in [1.29, 1.82) is 5.26 Å². The van der Waals surface area contributed by atoms with Crippen molar-refractivity contribution >= 4 is 23.1 Å². The van der Waals surface area contributed by atoms with Gasteiger partial charge in [0.25, 0.3) is 0 Å². The molecule has 27 heavy (non-hydrogen) atoms. The van der Waals surface area contributed by atoms with Crippen molar-refractivity contribution in [2.24, 2.45) is 0 Å². The molecule has 10 heteroatoms. The van der Waals surface area contributed by atoms with Gasteiger partial charge in [-0.05, 0) is 45.8 Å². The smallest absolute Gasteiger partial charge is 0.383 e. The summed E-state index contributed by atoms with van der Waals surface area (Å²) in [7, 11) is 0. The zero-order chi connectivity index (χ0) is 19.4. The number of hydrogen-bond acceptors (Lipinski definition) is 7. The van der Waals surface area contributed by atoms with Crippen LogP contribution in [0.5, 0.6) is 0 Å². The van der Waals surface area contributed by atoms with E-state index >= 15 is 0 Å². The first-order valence-electron chi connectivity index (χ1n) is 8.49. The lowest BCUT2D eigenvalue weighted by Gasteiger charge is -2.37. The predicted octanol–water partition coefficient (Wildman–Crippen LogP) is 1.50. The molecule has 1 atom stereocenters. The molecule has 2 aromatic rings. The van der Waals surface area contributed by atoms with E-state index in [9.17, 15) is 15.2 Å². The molecule has 2 heterocycles. The van der Waals surface area contributed by atoms with Crippen LogP contribution in [0.25, 0.3) is 0 Å². The topological polar surface area (TPSA) is 111 Å². The second-order valence-electron chi connectivity index (χ2n) is 6.38. The van der Waals surface area contributed by atoms with E-state index in [1.165, 1.54) is 10.8 Å². The molecule has 0 radical (unpaired) electrons. The third-order valence-corrected chi connectivity index (χ3v) is 4.81. The van der Waals surface area contributed by atoms with Gasteiger partial charge in [-0.25, -0.2) is 0 Å². The third kappa shape index (κ3) is 4.74. The van der Waals surface area contributed by atoms with E-state index in [1.54, 1.807) is 12.1 Å². The van der Waals surface area contributed by atoms with Crippen molar-refractivity contribution < 1.29 is 10.0 Å². The Labute approximate surface area is 161 Å². The molecule has 1 fully saturated rings. The Morgan fingerprint density at radius 2 is 1.93 bits per heavy atom. The van der Waals surface area contributed by atoms with Crippen LogP contribution in [0.3, 0.4) is 0 Å². The minimum Gasteiger partial charge on any atom is -0.390 e. The maximum atomic E-state index is 10.7. The lowest BCUT2D eigenvalue weighted by atomic mass is 10.2. The van der Waals surface area contributed by atoms with Gasteiger partial charge in [0, 0.05) is 38.4 Å². The van der Waals surface area contributed by atoms with Crippen LogP contribution in [0.2, 0.25) is 5.28 Å². The number of rotatable bonds is 6. The van der Waals surface area contributed by atoms with Crippen LogP contribution in [-0.2, 0) is 6.54 Å². The van der Waals surface area contributed by atoms with E-state index in [0.29, 0.717) is 12.1 Å². The maximum absolute atomic E-state index is 10.7. The van der Waals surface area contributed by atoms with Crippen molar-refractivity contribution in [1.82, 2.24) is 14.5 Å². The molecule has 1 aromatic carbocycles. The van der Waals surface area contributed by atoms with Crippen LogP contribution in [0.4, 0.5) is 11.5 Å². The summed E-state index contributed by atoms with van der Waals surface area (Å²) in [5.74, 6) is -0.330. The summed E-state index contributed by atoms with van der Waals surface area (Å²) in [6.07, 6.45) is 0.520. The highest BCUT2D eigenvalue weighted by atomic mass is 35.5. The summed E-state index contributed by atoms with van der Waals surface area (Å²) in [5.41, 5.74) is 1.71. The van der Waals surface area contributed by atoms with Gasteiger partial charge in [-0.2, -0.15) is 5.26 Å². The van der Waals surface area contributed by atoms with E-state index in [2.05, 4.69) is 20.9 Å². The number of aliphatic hydroxyl groups excluding tert-OH is 1. The van der Waals surface area contributed by atoms with E-state index < -0.39 is 11.0 Å². The van der Waals surface area contributed by atoms with Crippen molar-refractivity contribution in [3.8, 4) is 6.07 Å². The highest BCUT2D eigenvalue weighted by Crippen LogP contribution is 2.18. The summed E-state index contributed by atoms with van der Waals surface area (Å²) in [6.45, 7) is 3.80. The molecule has 0 saturated carbocycles. The standard InChI is InChI=1S/C17H19ClN6O3/c18-17-20-16(24(26)27)12-23(17)11-15(25)10-21-5-7-22(8-6-21)14-3-1-13(9-19)2-4-14/h1-4,12,15,25H,5-8,10-11H2. The molecule has 1 saturated heterocycles. The molecule has 1 unspecified atom stereocenters. The van der Waals surface area contributed by atoms with Gasteiger partial charge in [-0.3, -0.25) is 9.47 Å². The summed E-state index contributed by atoms with van der Waals surface area (Å²) in [4.78, 5) is 18.1. The summed E-state index contributed by atoms with van der Waals surface area (Å²) >= 11 is 5.88. The number of piperazine rings is 1. The predicted molar refractivity (Wildman–Crippen MR) is 99.7 cm³/mol. The fraction of sp³-hybridized carbons (Fsp3) is 0.412. The molecule has 9 nitrogen and oxygen atoms in total. The van der Waals surface area contributed by atoms with Crippen molar-refractivity contribution in [3.05, 3.63) is 51.4 Å². The fourth-order valence-electron chi connectivity index (χ4n) is 3.11. The highest BCUT2D eigenvalue weighted by molar-refractivity contribution is 6.28. The van der Waals surface area contributed by atoms with Gasteiger partial charge in [0.1, 0.15) is 6.20 Å². The van der Waals surface area contributed by atoms with Gasteiger partial charge < -0.3 is 20.1 Å². The third-order valence-electron chi connectivity index (χ3n) is 4.51. The van der Waals surface area contributed by atoms with Crippen molar-refractivity contribution in [3.63, 3.8) is 0 Å². The largest absolute Gasteiger partial charge is 0.390 e. The quantitative estimate of drug-likeness (QED) is 0.587. The minimum absolute atomic E-state index is 0.00798. The Kier molecular flexibility index (Phi) is 5.91. The van der Waals surface area contributed by atoms with Crippen LogP contribution in [-0.4, -0.2) is 63.3 Å². The number of aliphatic hydroxyl groups is 1. The average molecular weight is 391 g/mol. The number of nitriles is 1. The van der Waals surface area contributed by atoms with Gasteiger partial charge in [0.2, 0.25) is 0 Å². The number of nitrogens with zero attached hydrogens (tertiary/aromatic N) is 6. The number of hydrogen-bond donors (Lipinski definition) is 1. The Bertz CT molecular complexity index is 839. The molecule has 0 amide bonds. The van der Waals surface area contributed by atoms with Gasteiger partial charge >= 0.3 is 11.1 Å². The molecule has 0 spiro atoms. The first-order chi connectivity index (χ1) is 13.0. The van der Waals surface area contributed by atoms with Crippen molar-refractivity contribution in [2.75, 3.05) is 37.6 Å². The molecular formula is C17H19ClN6O3. The summed E-state index contributed by atoms with van der Waals surface area (Å²) < 4.78 is 1.39. The van der Waals surface area contributed by atoms with Crippen LogP contribution < -0.4 is 4.90 Å². The SMILES string of the molecule is N#Cc1ccc(N2CCN(CC(O)Cn3cc([N+](=O)[O-])nc3Cl)CC2)cc1. The van der Waals surface area contributed by atoms with Gasteiger partial charge in [-0.1, -0.05) is 0 Å². The average Bonchev–Trinajstić information content (AvgIpc) is 3.03. The number of halogens is 1. The zero-order valence-corrected chi connectivity index (χ0v) is 15.3. The molecule has 0 aliphatic carbocycles. The molecule has 1 aromatic heterocycles. The van der Waals surface area contributed by atoms with Crippen molar-refractivity contribution in [2.45, 2.75) is 12.6 Å². The molecule has 1 aliphatic rings. The molecule has 1 aliphatic heterocycles. The van der Waals surface area contributed by atoms with E-state index in [0.717, 1.165) is 31.9 Å². The lowest BCUT2D eigenvalue weighted by molar-refractivity contribution is -0.389. The zero-order valence-electron chi connectivity index (χ0n) is 14.5. The van der Waals surface area contributed by atoms with E-state index in [4.69, 9.17) is 16.9 Å². The van der Waals surface area contributed by atoms with Gasteiger partial charge in [0.05, 0.1) is 24.3 Å². The Hall–Kier alpha value is -2.67. The Morgan fingerprint density at radius 3 is 2.48 bits per heavy atom. The van der Waals surface area contributed by atoms with Gasteiger partial charge in [-0.15, -0.1) is 0 Å². The van der Waals surface area contributed by atoms with E-state index in [-0.39, 0.29) is 17.6 Å². The second-order valence-corrected chi connectivity index (χ2v) is 6.72. The number of imidazole rings is 1. The Balaban J connectivity index is 1.50. The van der Waals surface area contributed by atoms with Crippen LogP contribution >= 0.6 is 11.6 Å². The van der Waals surface area contributed by atoms with Crippen LogP contribution in [0.1, 0.15) is 5.56 Å². The normalized spacial score (nSPS) is 16.1. The highest BCUT2D eigenvalue weighted by Gasteiger charge is 2.22. The first-order valence-corrected chi connectivity index (χ1v) is 8.86. The Morgan fingerprint density at radius 1 is 1.26 bits per heavy atom. The van der Waals surface area contributed by atoms with E-state index in [1.807, 2.05) is 12.1 Å². The van der Waals surface area contributed by atoms with Crippen LogP contribution in [0.15, 0.2) is 30.5 Å². The van der Waals surface area contributed by atoms with Gasteiger partial charge in [0.15, 0.2) is 0 Å². The molecule has 142 valence electrons. The molecule has 0 bridgehead atoms. The maximum Gasteiger partial charge on any atom is 0.383 e. The number of β-amino-alcohol motifs (C(OH)–C–C–N with tert-alkyl or cyclic N) is 1. The number of aromatic nitrogens is 2. The molecular weight excluding hydrogens is 372 g/mol. The summed E-state index contributed by atoms with van der Waals surface area (Å²) in [5, 5.41) is 29.9. The molecule has 1 N–H and O–H groups in total. The molecule has 3 rings (SSSR count). The lowest BCUT2D eigenvalue weighted by Crippen LogP contribution is -2.49. The monoisotopic (exact) mass is 390 g/mol. The van der Waals surface area contributed by atoms with Crippen LogP contribution in [0, 0.1) is 21.4 Å². The number of anilines is 1. The first kappa shape index (κ1) is 19.1. The second kappa shape index (κ2) is 8.35. The number of benzene rings is 1.